The average molecular weight is 309 g/mol. The molecule has 0 spiro atoms. The molecule has 1 aliphatic heterocycles. The van der Waals surface area contributed by atoms with Crippen LogP contribution in [0.5, 0.6) is 0 Å². The van der Waals surface area contributed by atoms with Crippen LogP contribution in [0.2, 0.25) is 0 Å². The fourth-order valence-electron chi connectivity index (χ4n) is 2.68. The second kappa shape index (κ2) is 7.03. The van der Waals surface area contributed by atoms with Crippen molar-refractivity contribution in [3.63, 3.8) is 0 Å². The summed E-state index contributed by atoms with van der Waals surface area (Å²) in [6, 6.07) is 8.49. The first-order valence-corrected chi connectivity index (χ1v) is 8.97. The van der Waals surface area contributed by atoms with Crippen LogP contribution in [0.3, 0.4) is 0 Å². The minimum Gasteiger partial charge on any atom is -0.380 e. The number of hydrogen-bond acceptors (Lipinski definition) is 3. The molecule has 3 atom stereocenters. The molecule has 0 aliphatic carbocycles. The molecule has 0 radical (unpaired) electrons. The SMILES string of the molecule is CCNC1CCOCC1S(=O)c1ccc(C(C)(C)C)cc1. The molecule has 21 heavy (non-hydrogen) atoms. The van der Waals surface area contributed by atoms with Gasteiger partial charge >= 0.3 is 0 Å². The minimum absolute atomic E-state index is 0.0409. The van der Waals surface area contributed by atoms with E-state index in [9.17, 15) is 4.21 Å². The maximum Gasteiger partial charge on any atom is 0.0782 e. The molecule has 3 unspecified atom stereocenters. The van der Waals surface area contributed by atoms with Crippen molar-refractivity contribution in [3.05, 3.63) is 29.8 Å². The third-order valence-electron chi connectivity index (χ3n) is 4.00. The van der Waals surface area contributed by atoms with Crippen molar-refractivity contribution < 1.29 is 8.95 Å². The van der Waals surface area contributed by atoms with Crippen LogP contribution in [0.1, 0.15) is 39.7 Å². The lowest BCUT2D eigenvalue weighted by Crippen LogP contribution is -2.48. The van der Waals surface area contributed by atoms with E-state index in [0.29, 0.717) is 6.61 Å². The van der Waals surface area contributed by atoms with Crippen molar-refractivity contribution in [3.8, 4) is 0 Å². The first-order chi connectivity index (χ1) is 9.93. The zero-order chi connectivity index (χ0) is 15.5. The highest BCUT2D eigenvalue weighted by Gasteiger charge is 2.31. The number of hydrogen-bond donors (Lipinski definition) is 1. The Balaban J connectivity index is 2.14. The van der Waals surface area contributed by atoms with Gasteiger partial charge in [-0.15, -0.1) is 0 Å². The highest BCUT2D eigenvalue weighted by Crippen LogP contribution is 2.25. The van der Waals surface area contributed by atoms with Crippen molar-refractivity contribution in [1.29, 1.82) is 0 Å². The third kappa shape index (κ3) is 4.15. The van der Waals surface area contributed by atoms with Gasteiger partial charge in [0.2, 0.25) is 0 Å². The van der Waals surface area contributed by atoms with Crippen LogP contribution >= 0.6 is 0 Å². The molecule has 1 heterocycles. The van der Waals surface area contributed by atoms with E-state index in [1.165, 1.54) is 5.56 Å². The first-order valence-electron chi connectivity index (χ1n) is 7.75. The summed E-state index contributed by atoms with van der Waals surface area (Å²) >= 11 is 0. The lowest BCUT2D eigenvalue weighted by Gasteiger charge is -2.31. The molecule has 1 aromatic carbocycles. The van der Waals surface area contributed by atoms with Crippen molar-refractivity contribution in [2.75, 3.05) is 19.8 Å². The Morgan fingerprint density at radius 3 is 2.52 bits per heavy atom. The standard InChI is InChI=1S/C17H27NO2S/c1-5-18-15-10-11-20-12-16(15)21(19)14-8-6-13(7-9-14)17(2,3)4/h6-9,15-16,18H,5,10-12H2,1-4H3. The molecule has 3 nitrogen and oxygen atoms in total. The fourth-order valence-corrected chi connectivity index (χ4v) is 4.19. The normalized spacial score (nSPS) is 24.8. The summed E-state index contributed by atoms with van der Waals surface area (Å²) in [6.07, 6.45) is 0.935. The van der Waals surface area contributed by atoms with Crippen LogP contribution in [0.25, 0.3) is 0 Å². The molecule has 1 aromatic rings. The Labute approximate surface area is 130 Å². The second-order valence-corrected chi connectivity index (χ2v) is 8.31. The van der Waals surface area contributed by atoms with Gasteiger partial charge in [0.05, 0.1) is 22.7 Å². The molecule has 118 valence electrons. The predicted molar refractivity (Wildman–Crippen MR) is 88.2 cm³/mol. The summed E-state index contributed by atoms with van der Waals surface area (Å²) in [4.78, 5) is 0.904. The summed E-state index contributed by atoms with van der Waals surface area (Å²) in [5.41, 5.74) is 1.40. The van der Waals surface area contributed by atoms with E-state index >= 15 is 0 Å². The van der Waals surface area contributed by atoms with E-state index in [1.807, 2.05) is 12.1 Å². The zero-order valence-corrected chi connectivity index (χ0v) is 14.3. The lowest BCUT2D eigenvalue weighted by atomic mass is 9.87. The van der Waals surface area contributed by atoms with Crippen LogP contribution in [0.15, 0.2) is 29.2 Å². The number of rotatable bonds is 4. The maximum atomic E-state index is 12.8. The molecule has 0 saturated carbocycles. The molecule has 0 amide bonds. The number of benzene rings is 1. The van der Waals surface area contributed by atoms with E-state index < -0.39 is 10.8 Å². The second-order valence-electron chi connectivity index (χ2n) is 6.64. The number of ether oxygens (including phenoxy) is 1. The largest absolute Gasteiger partial charge is 0.380 e. The number of nitrogens with one attached hydrogen (secondary N) is 1. The minimum atomic E-state index is -1.02. The molecule has 1 aliphatic rings. The van der Waals surface area contributed by atoms with Crippen LogP contribution in [0, 0.1) is 0 Å². The Morgan fingerprint density at radius 2 is 1.95 bits per heavy atom. The topological polar surface area (TPSA) is 38.3 Å². The van der Waals surface area contributed by atoms with Crippen LogP contribution < -0.4 is 5.32 Å². The van der Waals surface area contributed by atoms with Crippen LogP contribution in [-0.2, 0) is 21.0 Å². The van der Waals surface area contributed by atoms with Gasteiger partial charge in [0.15, 0.2) is 0 Å². The van der Waals surface area contributed by atoms with Gasteiger partial charge in [-0.1, -0.05) is 39.8 Å². The van der Waals surface area contributed by atoms with Gasteiger partial charge in [0.1, 0.15) is 0 Å². The van der Waals surface area contributed by atoms with Gasteiger partial charge in [-0.3, -0.25) is 4.21 Å². The van der Waals surface area contributed by atoms with Gasteiger partial charge in [-0.05, 0) is 36.1 Å². The molecule has 0 aromatic heterocycles. The van der Waals surface area contributed by atoms with Gasteiger partial charge in [0, 0.05) is 17.5 Å². The first kappa shape index (κ1) is 16.7. The Hall–Kier alpha value is -0.710. The van der Waals surface area contributed by atoms with Crippen molar-refractivity contribution in [2.24, 2.45) is 0 Å². The summed E-state index contributed by atoms with van der Waals surface area (Å²) in [6.45, 7) is 10.9. The van der Waals surface area contributed by atoms with E-state index in [1.54, 1.807) is 0 Å². The molecule has 1 fully saturated rings. The van der Waals surface area contributed by atoms with Crippen molar-refractivity contribution >= 4 is 10.8 Å². The third-order valence-corrected chi connectivity index (χ3v) is 5.75. The molecule has 0 bridgehead atoms. The van der Waals surface area contributed by atoms with Crippen molar-refractivity contribution in [2.45, 2.75) is 55.7 Å². The predicted octanol–water partition coefficient (Wildman–Crippen LogP) is 2.86. The molecular formula is C17H27NO2S. The fraction of sp³-hybridized carbons (Fsp3) is 0.647. The highest BCUT2D eigenvalue weighted by atomic mass is 32.2. The van der Waals surface area contributed by atoms with E-state index in [-0.39, 0.29) is 16.7 Å². The lowest BCUT2D eigenvalue weighted by molar-refractivity contribution is 0.0824. The quantitative estimate of drug-likeness (QED) is 0.929. The highest BCUT2D eigenvalue weighted by molar-refractivity contribution is 7.85. The smallest absolute Gasteiger partial charge is 0.0782 e. The summed E-state index contributed by atoms with van der Waals surface area (Å²) in [7, 11) is -1.02. The molecule has 1 N–H and O–H groups in total. The molecule has 4 heteroatoms. The van der Waals surface area contributed by atoms with E-state index in [4.69, 9.17) is 4.74 Å². The monoisotopic (exact) mass is 309 g/mol. The van der Waals surface area contributed by atoms with E-state index in [2.05, 4.69) is 45.1 Å². The average Bonchev–Trinajstić information content (AvgIpc) is 2.47. The van der Waals surface area contributed by atoms with Crippen LogP contribution in [-0.4, -0.2) is 35.3 Å². The maximum absolute atomic E-state index is 12.8. The van der Waals surface area contributed by atoms with Gasteiger partial charge in [-0.25, -0.2) is 0 Å². The molecule has 1 saturated heterocycles. The van der Waals surface area contributed by atoms with Gasteiger partial charge in [-0.2, -0.15) is 0 Å². The Morgan fingerprint density at radius 1 is 1.29 bits per heavy atom. The van der Waals surface area contributed by atoms with Gasteiger partial charge < -0.3 is 10.1 Å². The summed E-state index contributed by atoms with van der Waals surface area (Å²) in [5, 5.41) is 3.49. The molecule has 2 rings (SSSR count). The van der Waals surface area contributed by atoms with Gasteiger partial charge in [0.25, 0.3) is 0 Å². The Bertz CT molecular complexity index is 477. The zero-order valence-electron chi connectivity index (χ0n) is 13.5. The Kier molecular flexibility index (Phi) is 5.58. The summed E-state index contributed by atoms with van der Waals surface area (Å²) < 4.78 is 18.4. The van der Waals surface area contributed by atoms with Crippen LogP contribution in [0.4, 0.5) is 0 Å². The van der Waals surface area contributed by atoms with E-state index in [0.717, 1.165) is 24.5 Å². The summed E-state index contributed by atoms with van der Waals surface area (Å²) in [5.74, 6) is 0. The molecular weight excluding hydrogens is 282 g/mol. The van der Waals surface area contributed by atoms with Crippen molar-refractivity contribution in [1.82, 2.24) is 5.32 Å².